The zero-order chi connectivity index (χ0) is 13.4. The van der Waals surface area contributed by atoms with Gasteiger partial charge in [0.25, 0.3) is 0 Å². The molecule has 1 aromatic rings. The van der Waals surface area contributed by atoms with Crippen LogP contribution < -0.4 is 16.0 Å². The van der Waals surface area contributed by atoms with Gasteiger partial charge in [-0.1, -0.05) is 22.0 Å². The molecule has 1 rings (SSSR count). The summed E-state index contributed by atoms with van der Waals surface area (Å²) in [6, 6.07) is 7.28. The number of primary amides is 1. The van der Waals surface area contributed by atoms with E-state index in [1.165, 1.54) is 0 Å². The van der Waals surface area contributed by atoms with Crippen LogP contribution in [0.15, 0.2) is 28.7 Å². The largest absolute Gasteiger partial charge is 0.493 e. The van der Waals surface area contributed by atoms with Gasteiger partial charge < -0.3 is 10.5 Å². The van der Waals surface area contributed by atoms with E-state index in [0.29, 0.717) is 5.75 Å². The Morgan fingerprint density at radius 3 is 2.83 bits per heavy atom. The van der Waals surface area contributed by atoms with Crippen LogP contribution in [-0.2, 0) is 14.4 Å². The van der Waals surface area contributed by atoms with Crippen LogP contribution in [0.3, 0.4) is 0 Å². The lowest BCUT2D eigenvalue weighted by Gasteiger charge is -2.07. The van der Waals surface area contributed by atoms with Crippen LogP contribution in [0.2, 0.25) is 0 Å². The van der Waals surface area contributed by atoms with Crippen LogP contribution in [-0.4, -0.2) is 25.0 Å². The molecule has 3 N–H and O–H groups in total. The molecule has 0 heterocycles. The summed E-state index contributed by atoms with van der Waals surface area (Å²) in [5.41, 5.74) is 6.91. The van der Waals surface area contributed by atoms with Gasteiger partial charge >= 0.3 is 0 Å². The quantitative estimate of drug-likeness (QED) is 0.726. The summed E-state index contributed by atoms with van der Waals surface area (Å²) in [6.45, 7) is -0.138. The maximum Gasteiger partial charge on any atom is 0.246 e. The minimum absolute atomic E-state index is 0.116. The molecule has 1 aromatic carbocycles. The van der Waals surface area contributed by atoms with Gasteiger partial charge in [-0.2, -0.15) is 0 Å². The molecule has 18 heavy (non-hydrogen) atoms. The SMILES string of the molecule is NC(=O)CONC(=O)CCOc1cccc(Br)c1. The van der Waals surface area contributed by atoms with Crippen molar-refractivity contribution in [3.63, 3.8) is 0 Å². The zero-order valence-electron chi connectivity index (χ0n) is 9.52. The second-order valence-electron chi connectivity index (χ2n) is 3.34. The second kappa shape index (κ2) is 7.67. The van der Waals surface area contributed by atoms with Crippen molar-refractivity contribution in [1.29, 1.82) is 0 Å². The van der Waals surface area contributed by atoms with Crippen LogP contribution >= 0.6 is 15.9 Å². The number of halogens is 1. The van der Waals surface area contributed by atoms with Crippen LogP contribution in [0.4, 0.5) is 0 Å². The van der Waals surface area contributed by atoms with Crippen molar-refractivity contribution in [1.82, 2.24) is 5.48 Å². The first-order valence-corrected chi connectivity index (χ1v) is 5.94. The predicted molar refractivity (Wildman–Crippen MR) is 67.5 cm³/mol. The topological polar surface area (TPSA) is 90.7 Å². The lowest BCUT2D eigenvalue weighted by Crippen LogP contribution is -2.30. The Kier molecular flexibility index (Phi) is 6.16. The van der Waals surface area contributed by atoms with Crippen LogP contribution in [0.1, 0.15) is 6.42 Å². The van der Waals surface area contributed by atoms with Crippen molar-refractivity contribution in [2.24, 2.45) is 5.73 Å². The van der Waals surface area contributed by atoms with Crippen molar-refractivity contribution in [2.45, 2.75) is 6.42 Å². The van der Waals surface area contributed by atoms with Gasteiger partial charge in [-0.05, 0) is 18.2 Å². The van der Waals surface area contributed by atoms with E-state index in [-0.39, 0.29) is 25.5 Å². The number of nitrogens with one attached hydrogen (secondary N) is 1. The highest BCUT2D eigenvalue weighted by atomic mass is 79.9. The van der Waals surface area contributed by atoms with Gasteiger partial charge in [-0.15, -0.1) is 0 Å². The fourth-order valence-corrected chi connectivity index (χ4v) is 1.44. The van der Waals surface area contributed by atoms with E-state index in [9.17, 15) is 9.59 Å². The maximum atomic E-state index is 11.2. The molecule has 0 atom stereocenters. The minimum atomic E-state index is -0.652. The van der Waals surface area contributed by atoms with Gasteiger partial charge in [0.1, 0.15) is 5.75 Å². The fourth-order valence-electron chi connectivity index (χ4n) is 1.06. The molecule has 2 amide bonds. The summed E-state index contributed by atoms with van der Waals surface area (Å²) >= 11 is 3.31. The van der Waals surface area contributed by atoms with Gasteiger partial charge in [-0.3, -0.25) is 14.4 Å². The lowest BCUT2D eigenvalue weighted by molar-refractivity contribution is -0.138. The number of ether oxygens (including phenoxy) is 1. The molecule has 0 radical (unpaired) electrons. The average molecular weight is 317 g/mol. The Morgan fingerprint density at radius 1 is 1.39 bits per heavy atom. The summed E-state index contributed by atoms with van der Waals surface area (Å²) in [6.07, 6.45) is 0.116. The van der Waals surface area contributed by atoms with Crippen LogP contribution in [0, 0.1) is 0 Å². The summed E-state index contributed by atoms with van der Waals surface area (Å²) in [7, 11) is 0. The first kappa shape index (κ1) is 14.5. The summed E-state index contributed by atoms with van der Waals surface area (Å²) in [4.78, 5) is 26.1. The molecule has 0 saturated carbocycles. The van der Waals surface area contributed by atoms with Gasteiger partial charge in [0.05, 0.1) is 13.0 Å². The van der Waals surface area contributed by atoms with E-state index in [2.05, 4.69) is 26.2 Å². The molecule has 0 aliphatic heterocycles. The lowest BCUT2D eigenvalue weighted by atomic mass is 10.3. The Hall–Kier alpha value is -1.60. The normalized spacial score (nSPS) is 9.83. The number of hydroxylamine groups is 1. The van der Waals surface area contributed by atoms with Crippen molar-refractivity contribution in [2.75, 3.05) is 13.2 Å². The number of benzene rings is 1. The van der Waals surface area contributed by atoms with E-state index >= 15 is 0 Å². The van der Waals surface area contributed by atoms with Crippen molar-refractivity contribution in [3.05, 3.63) is 28.7 Å². The highest BCUT2D eigenvalue weighted by molar-refractivity contribution is 9.10. The van der Waals surface area contributed by atoms with Crippen molar-refractivity contribution < 1.29 is 19.2 Å². The number of rotatable bonds is 7. The molecular weight excluding hydrogens is 304 g/mol. The molecule has 0 saturated heterocycles. The third-order valence-corrected chi connectivity index (χ3v) is 2.29. The zero-order valence-corrected chi connectivity index (χ0v) is 11.1. The number of nitrogens with two attached hydrogens (primary N) is 1. The number of hydrogen-bond acceptors (Lipinski definition) is 4. The molecule has 0 aromatic heterocycles. The fraction of sp³-hybridized carbons (Fsp3) is 0.273. The molecule has 0 aliphatic rings. The van der Waals surface area contributed by atoms with Crippen molar-refractivity contribution in [3.8, 4) is 5.75 Å². The van der Waals surface area contributed by atoms with Gasteiger partial charge in [0, 0.05) is 4.47 Å². The number of amides is 2. The molecule has 98 valence electrons. The van der Waals surface area contributed by atoms with E-state index in [1.54, 1.807) is 12.1 Å². The molecular formula is C11H13BrN2O4. The minimum Gasteiger partial charge on any atom is -0.493 e. The van der Waals surface area contributed by atoms with Gasteiger partial charge in [0.15, 0.2) is 6.61 Å². The smallest absolute Gasteiger partial charge is 0.246 e. The summed E-state index contributed by atoms with van der Waals surface area (Å²) < 4.78 is 6.24. The molecule has 0 bridgehead atoms. The Labute approximate surface area is 113 Å². The maximum absolute atomic E-state index is 11.2. The van der Waals surface area contributed by atoms with E-state index in [4.69, 9.17) is 10.5 Å². The highest BCUT2D eigenvalue weighted by Gasteiger charge is 2.03. The molecule has 6 nitrogen and oxygen atoms in total. The van der Waals surface area contributed by atoms with Crippen molar-refractivity contribution >= 4 is 27.7 Å². The van der Waals surface area contributed by atoms with Crippen LogP contribution in [0.5, 0.6) is 5.75 Å². The predicted octanol–water partition coefficient (Wildman–Crippen LogP) is 0.751. The Balaban J connectivity index is 2.17. The molecule has 0 spiro atoms. The van der Waals surface area contributed by atoms with E-state index in [1.807, 2.05) is 12.1 Å². The summed E-state index contributed by atoms with van der Waals surface area (Å²) in [5.74, 6) is -0.373. The number of carbonyl (C=O) groups is 2. The van der Waals surface area contributed by atoms with Crippen LogP contribution in [0.25, 0.3) is 0 Å². The van der Waals surface area contributed by atoms with Gasteiger partial charge in [0.2, 0.25) is 11.8 Å². The van der Waals surface area contributed by atoms with Gasteiger partial charge in [-0.25, -0.2) is 5.48 Å². The first-order chi connectivity index (χ1) is 8.58. The van der Waals surface area contributed by atoms with E-state index in [0.717, 1.165) is 4.47 Å². The number of carbonyl (C=O) groups excluding carboxylic acids is 2. The van der Waals surface area contributed by atoms with E-state index < -0.39 is 5.91 Å². The Morgan fingerprint density at radius 2 is 2.17 bits per heavy atom. The molecule has 7 heteroatoms. The second-order valence-corrected chi connectivity index (χ2v) is 4.25. The monoisotopic (exact) mass is 316 g/mol. The Bertz CT molecular complexity index is 425. The number of hydrogen-bond donors (Lipinski definition) is 2. The highest BCUT2D eigenvalue weighted by Crippen LogP contribution is 2.17. The average Bonchev–Trinajstić information content (AvgIpc) is 2.28. The molecule has 0 fully saturated rings. The molecule has 0 aliphatic carbocycles. The summed E-state index contributed by atoms with van der Waals surface area (Å²) in [5, 5.41) is 0. The third kappa shape index (κ3) is 6.21. The standard InChI is InChI=1S/C11H13BrN2O4/c12-8-2-1-3-9(6-8)17-5-4-11(16)14-18-7-10(13)15/h1-3,6H,4-5,7H2,(H2,13,15)(H,14,16). The molecule has 0 unspecified atom stereocenters. The third-order valence-electron chi connectivity index (χ3n) is 1.79. The first-order valence-electron chi connectivity index (χ1n) is 5.15.